The molecule has 0 atom stereocenters. The van der Waals surface area contributed by atoms with Gasteiger partial charge in [-0.2, -0.15) is 13.2 Å². The van der Waals surface area contributed by atoms with Crippen LogP contribution in [-0.4, -0.2) is 11.2 Å². The molecule has 0 spiro atoms. The first-order valence-electron chi connectivity index (χ1n) is 6.56. The van der Waals surface area contributed by atoms with Gasteiger partial charge >= 0.3 is 6.18 Å². The average Bonchev–Trinajstić information content (AvgIpc) is 2.69. The average molecular weight is 397 g/mol. The molecule has 0 aliphatic heterocycles. The van der Waals surface area contributed by atoms with E-state index in [1.807, 2.05) is 0 Å². The summed E-state index contributed by atoms with van der Waals surface area (Å²) in [7, 11) is 0. The lowest BCUT2D eigenvalue weighted by Gasteiger charge is -2.16. The second-order valence-corrected chi connectivity index (χ2v) is 5.92. The maximum absolute atomic E-state index is 13.4. The van der Waals surface area contributed by atoms with Crippen LogP contribution in [0.3, 0.4) is 0 Å². The molecule has 0 radical (unpaired) electrons. The summed E-state index contributed by atoms with van der Waals surface area (Å²) < 4.78 is 46.5. The number of rotatable bonds is 4. The summed E-state index contributed by atoms with van der Waals surface area (Å²) in [5.41, 5.74) is 0.875. The molecule has 1 aromatic heterocycles. The molecule has 120 valence electrons. The number of ether oxygens (including phenoxy) is 1. The number of alkyl halides is 3. The molecule has 0 saturated heterocycles. The predicted molar refractivity (Wildman–Crippen MR) is 83.9 cm³/mol. The predicted octanol–water partition coefficient (Wildman–Crippen LogP) is 5.89. The zero-order valence-corrected chi connectivity index (χ0v) is 14.3. The lowest BCUT2D eigenvalue weighted by Crippen LogP contribution is -2.16. The summed E-state index contributed by atoms with van der Waals surface area (Å²) in [6.07, 6.45) is -4.48. The van der Waals surface area contributed by atoms with E-state index in [2.05, 4.69) is 15.9 Å². The van der Waals surface area contributed by atoms with Crippen molar-refractivity contribution in [1.29, 1.82) is 0 Å². The maximum atomic E-state index is 13.4. The Morgan fingerprint density at radius 3 is 2.32 bits per heavy atom. The number of aromatic nitrogens is 1. The Bertz CT molecular complexity index is 665. The summed E-state index contributed by atoms with van der Waals surface area (Å²) >= 11 is 8.92. The van der Waals surface area contributed by atoms with Crippen LogP contribution in [0.5, 0.6) is 0 Å². The highest BCUT2D eigenvalue weighted by atomic mass is 79.9. The Balaban J connectivity index is 2.69. The van der Waals surface area contributed by atoms with Crippen LogP contribution in [0.15, 0.2) is 28.7 Å². The molecular formula is C15H14BrClF3NO. The molecular weight excluding hydrogens is 383 g/mol. The molecule has 1 heterocycles. The van der Waals surface area contributed by atoms with Crippen molar-refractivity contribution >= 4 is 27.5 Å². The summed E-state index contributed by atoms with van der Waals surface area (Å²) in [5.74, 6) is 0. The van der Waals surface area contributed by atoms with Crippen LogP contribution in [-0.2, 0) is 17.6 Å². The summed E-state index contributed by atoms with van der Waals surface area (Å²) in [4.78, 5) is 0. The lowest BCUT2D eigenvalue weighted by molar-refractivity contribution is -0.146. The molecule has 22 heavy (non-hydrogen) atoms. The Kier molecular flexibility index (Phi) is 5.25. The smallest absolute Gasteiger partial charge is 0.361 e. The highest BCUT2D eigenvalue weighted by Crippen LogP contribution is 2.43. The highest BCUT2D eigenvalue weighted by Gasteiger charge is 2.39. The van der Waals surface area contributed by atoms with Gasteiger partial charge in [0.05, 0.1) is 10.2 Å². The maximum Gasteiger partial charge on any atom is 0.432 e. The van der Waals surface area contributed by atoms with Gasteiger partial charge in [-0.1, -0.05) is 23.7 Å². The van der Waals surface area contributed by atoms with E-state index >= 15 is 0 Å². The van der Waals surface area contributed by atoms with Crippen molar-refractivity contribution < 1.29 is 17.9 Å². The van der Waals surface area contributed by atoms with Gasteiger partial charge in [0.15, 0.2) is 0 Å². The summed E-state index contributed by atoms with van der Waals surface area (Å²) in [6.45, 7) is 3.54. The second kappa shape index (κ2) is 6.64. The lowest BCUT2D eigenvalue weighted by atomic mass is 10.1. The Morgan fingerprint density at radius 2 is 1.82 bits per heavy atom. The first-order valence-corrected chi connectivity index (χ1v) is 7.74. The quantitative estimate of drug-likeness (QED) is 0.628. The molecule has 2 aromatic rings. The zero-order chi connectivity index (χ0) is 16.5. The molecule has 0 bridgehead atoms. The molecule has 0 saturated carbocycles. The van der Waals surface area contributed by atoms with E-state index in [1.165, 1.54) is 0 Å². The molecule has 1 aromatic carbocycles. The topological polar surface area (TPSA) is 14.2 Å². The van der Waals surface area contributed by atoms with Crippen molar-refractivity contribution in [3.8, 4) is 11.3 Å². The first kappa shape index (κ1) is 17.4. The fourth-order valence-electron chi connectivity index (χ4n) is 2.28. The second-order valence-electron chi connectivity index (χ2n) is 4.69. The number of nitrogens with zero attached hydrogens (tertiary/aromatic N) is 1. The van der Waals surface area contributed by atoms with E-state index in [0.717, 1.165) is 4.57 Å². The fourth-order valence-corrected chi connectivity index (χ4v) is 3.04. The molecule has 7 heteroatoms. The number of benzene rings is 1. The van der Waals surface area contributed by atoms with Crippen LogP contribution in [0.4, 0.5) is 13.2 Å². The van der Waals surface area contributed by atoms with Crippen LogP contribution >= 0.6 is 27.5 Å². The molecule has 0 aliphatic carbocycles. The highest BCUT2D eigenvalue weighted by molar-refractivity contribution is 9.10. The minimum Gasteiger partial charge on any atom is -0.361 e. The van der Waals surface area contributed by atoms with Crippen molar-refractivity contribution in [2.24, 2.45) is 0 Å². The molecule has 0 N–H and O–H groups in total. The van der Waals surface area contributed by atoms with E-state index < -0.39 is 11.9 Å². The van der Waals surface area contributed by atoms with Gasteiger partial charge in [-0.25, -0.2) is 0 Å². The number of halogens is 5. The van der Waals surface area contributed by atoms with Crippen LogP contribution in [0.1, 0.15) is 18.2 Å². The minimum absolute atomic E-state index is 0.0321. The van der Waals surface area contributed by atoms with Gasteiger partial charge in [0.2, 0.25) is 0 Å². The Morgan fingerprint density at radius 1 is 1.23 bits per heavy atom. The first-order chi connectivity index (χ1) is 10.3. The molecule has 2 rings (SSSR count). The van der Waals surface area contributed by atoms with Crippen molar-refractivity contribution in [3.05, 3.63) is 45.0 Å². The van der Waals surface area contributed by atoms with E-state index in [-0.39, 0.29) is 11.2 Å². The third kappa shape index (κ3) is 3.34. The fraction of sp³-hybridized carbons (Fsp3) is 0.333. The van der Waals surface area contributed by atoms with Crippen molar-refractivity contribution in [1.82, 2.24) is 4.57 Å². The zero-order valence-electron chi connectivity index (χ0n) is 12.0. The largest absolute Gasteiger partial charge is 0.432 e. The third-order valence-corrected chi connectivity index (χ3v) is 4.47. The van der Waals surface area contributed by atoms with Gasteiger partial charge in [0, 0.05) is 11.6 Å². The molecule has 0 aliphatic rings. The minimum atomic E-state index is -4.48. The standard InChI is InChI=1S/C15H14BrClF3NO/c1-3-22-8-21-13(10-4-6-11(17)7-5-10)9(2)12(16)14(21)15(18,19)20/h4-7H,3,8H2,1-2H3. The van der Waals surface area contributed by atoms with Crippen LogP contribution in [0, 0.1) is 6.92 Å². The SMILES string of the molecule is CCOCn1c(-c2ccc(Cl)cc2)c(C)c(Br)c1C(F)(F)F. The van der Waals surface area contributed by atoms with Crippen molar-refractivity contribution in [3.63, 3.8) is 0 Å². The summed E-state index contributed by atoms with van der Waals surface area (Å²) in [5, 5.41) is 0.527. The van der Waals surface area contributed by atoms with E-state index in [0.29, 0.717) is 28.5 Å². The monoisotopic (exact) mass is 395 g/mol. The van der Waals surface area contributed by atoms with Crippen LogP contribution < -0.4 is 0 Å². The van der Waals surface area contributed by atoms with Gasteiger partial charge in [-0.05, 0) is 53.0 Å². The molecule has 0 amide bonds. The van der Waals surface area contributed by atoms with E-state index in [4.69, 9.17) is 16.3 Å². The van der Waals surface area contributed by atoms with Gasteiger partial charge in [-0.15, -0.1) is 0 Å². The normalized spacial score (nSPS) is 12.0. The van der Waals surface area contributed by atoms with Crippen LogP contribution in [0.2, 0.25) is 5.02 Å². The van der Waals surface area contributed by atoms with E-state index in [1.54, 1.807) is 38.1 Å². The van der Waals surface area contributed by atoms with Gasteiger partial charge < -0.3 is 9.30 Å². The summed E-state index contributed by atoms with van der Waals surface area (Å²) in [6, 6.07) is 6.68. The van der Waals surface area contributed by atoms with E-state index in [9.17, 15) is 13.2 Å². The Labute approximate surface area is 140 Å². The van der Waals surface area contributed by atoms with Gasteiger partial charge in [-0.3, -0.25) is 0 Å². The number of hydrogen-bond acceptors (Lipinski definition) is 1. The van der Waals surface area contributed by atoms with Crippen molar-refractivity contribution in [2.75, 3.05) is 6.61 Å². The molecule has 0 fully saturated rings. The molecule has 2 nitrogen and oxygen atoms in total. The van der Waals surface area contributed by atoms with Gasteiger partial charge in [0.25, 0.3) is 0 Å². The van der Waals surface area contributed by atoms with Crippen molar-refractivity contribution in [2.45, 2.75) is 26.8 Å². The van der Waals surface area contributed by atoms with Gasteiger partial charge in [0.1, 0.15) is 12.4 Å². The Hall–Kier alpha value is -0.980. The van der Waals surface area contributed by atoms with Crippen LogP contribution in [0.25, 0.3) is 11.3 Å². The number of hydrogen-bond donors (Lipinski definition) is 0. The molecule has 0 unspecified atom stereocenters. The third-order valence-electron chi connectivity index (χ3n) is 3.24.